The van der Waals surface area contributed by atoms with Crippen molar-refractivity contribution >= 4 is 55.6 Å². The van der Waals surface area contributed by atoms with Crippen LogP contribution >= 0.6 is 33.9 Å². The molecule has 3 rings (SSSR count). The standard InChI is InChI=1S/C18H15FINO2S/c1-10-6-7-11(8-14(10)20)21-18(22)17-12(9-23-2)16-13(19)4-3-5-15(16)24-17/h3-8H,9H2,1-2H3,(H,21,22). The quantitative estimate of drug-likeness (QED) is 0.539. The van der Waals surface area contributed by atoms with E-state index in [0.717, 1.165) is 19.5 Å². The molecule has 0 radical (unpaired) electrons. The highest BCUT2D eigenvalue weighted by Crippen LogP contribution is 2.34. The van der Waals surface area contributed by atoms with E-state index >= 15 is 0 Å². The number of hydrogen-bond donors (Lipinski definition) is 1. The molecule has 0 aliphatic rings. The number of rotatable bonds is 4. The van der Waals surface area contributed by atoms with Crippen LogP contribution in [0.4, 0.5) is 10.1 Å². The molecule has 3 nitrogen and oxygen atoms in total. The van der Waals surface area contributed by atoms with Gasteiger partial charge in [-0.3, -0.25) is 4.79 Å². The van der Waals surface area contributed by atoms with E-state index in [1.807, 2.05) is 31.2 Å². The summed E-state index contributed by atoms with van der Waals surface area (Å²) >= 11 is 3.51. The van der Waals surface area contributed by atoms with Crippen molar-refractivity contribution in [3.8, 4) is 0 Å². The van der Waals surface area contributed by atoms with Crippen LogP contribution in [-0.4, -0.2) is 13.0 Å². The van der Waals surface area contributed by atoms with Gasteiger partial charge < -0.3 is 10.1 Å². The van der Waals surface area contributed by atoms with Gasteiger partial charge in [-0.05, 0) is 59.3 Å². The molecule has 1 heterocycles. The monoisotopic (exact) mass is 455 g/mol. The molecule has 0 bridgehead atoms. The second-order valence-corrected chi connectivity index (χ2v) is 7.59. The molecule has 0 fully saturated rings. The van der Waals surface area contributed by atoms with Gasteiger partial charge in [0.05, 0.1) is 11.5 Å². The van der Waals surface area contributed by atoms with Gasteiger partial charge in [0.2, 0.25) is 0 Å². The molecule has 2 aromatic carbocycles. The number of benzene rings is 2. The number of hydrogen-bond acceptors (Lipinski definition) is 3. The lowest BCUT2D eigenvalue weighted by atomic mass is 10.1. The highest BCUT2D eigenvalue weighted by atomic mass is 127. The first kappa shape index (κ1) is 17.3. The van der Waals surface area contributed by atoms with Crippen molar-refractivity contribution in [1.29, 1.82) is 0 Å². The molecule has 0 aliphatic heterocycles. The van der Waals surface area contributed by atoms with Crippen LogP contribution in [0.15, 0.2) is 36.4 Å². The van der Waals surface area contributed by atoms with Crippen molar-refractivity contribution < 1.29 is 13.9 Å². The molecule has 3 aromatic rings. The van der Waals surface area contributed by atoms with E-state index in [1.165, 1.54) is 24.5 Å². The second kappa shape index (κ2) is 7.16. The summed E-state index contributed by atoms with van der Waals surface area (Å²) in [5.74, 6) is -0.581. The van der Waals surface area contributed by atoms with E-state index < -0.39 is 0 Å². The van der Waals surface area contributed by atoms with Gasteiger partial charge in [-0.2, -0.15) is 0 Å². The molecule has 0 spiro atoms. The SMILES string of the molecule is COCc1c(C(=O)Nc2ccc(C)c(I)c2)sc2cccc(F)c12. The van der Waals surface area contributed by atoms with Gasteiger partial charge in [-0.25, -0.2) is 4.39 Å². The van der Waals surface area contributed by atoms with Crippen LogP contribution in [0.2, 0.25) is 0 Å². The fourth-order valence-corrected chi connectivity index (χ4v) is 4.12. The molecule has 1 aromatic heterocycles. The molecule has 24 heavy (non-hydrogen) atoms. The average Bonchev–Trinajstić information content (AvgIpc) is 2.91. The third kappa shape index (κ3) is 3.31. The summed E-state index contributed by atoms with van der Waals surface area (Å²) in [5, 5.41) is 3.36. The Balaban J connectivity index is 2.01. The highest BCUT2D eigenvalue weighted by molar-refractivity contribution is 14.1. The van der Waals surface area contributed by atoms with Crippen LogP contribution in [0, 0.1) is 16.3 Å². The molecule has 124 valence electrons. The van der Waals surface area contributed by atoms with E-state index in [-0.39, 0.29) is 18.3 Å². The summed E-state index contributed by atoms with van der Waals surface area (Å²) in [6, 6.07) is 10.6. The minimum atomic E-state index is -0.334. The van der Waals surface area contributed by atoms with E-state index in [0.29, 0.717) is 15.8 Å². The van der Waals surface area contributed by atoms with Gasteiger partial charge in [0, 0.05) is 32.0 Å². The molecule has 0 atom stereocenters. The van der Waals surface area contributed by atoms with E-state index in [9.17, 15) is 9.18 Å². The summed E-state index contributed by atoms with van der Waals surface area (Å²) in [5.41, 5.74) is 2.46. The van der Waals surface area contributed by atoms with Gasteiger partial charge in [-0.15, -0.1) is 11.3 Å². The summed E-state index contributed by atoms with van der Waals surface area (Å²) in [6.45, 7) is 2.20. The lowest BCUT2D eigenvalue weighted by Crippen LogP contribution is -2.12. The number of carbonyl (C=O) groups excluding carboxylic acids is 1. The number of amides is 1. The van der Waals surface area contributed by atoms with Crippen LogP contribution in [0.3, 0.4) is 0 Å². The van der Waals surface area contributed by atoms with Crippen LogP contribution in [0.1, 0.15) is 20.8 Å². The Hall–Kier alpha value is -1.51. The maximum Gasteiger partial charge on any atom is 0.266 e. The Bertz CT molecular complexity index is 923. The van der Waals surface area contributed by atoms with Crippen LogP contribution < -0.4 is 5.32 Å². The predicted molar refractivity (Wildman–Crippen MR) is 104 cm³/mol. The summed E-state index contributed by atoms with van der Waals surface area (Å²) in [7, 11) is 1.54. The fraction of sp³-hybridized carbons (Fsp3) is 0.167. The average molecular weight is 455 g/mol. The molecular formula is C18H15FINO2S. The first-order valence-corrected chi connectivity index (χ1v) is 9.17. The largest absolute Gasteiger partial charge is 0.380 e. The predicted octanol–water partition coefficient (Wildman–Crippen LogP) is 5.35. The Kier molecular flexibility index (Phi) is 5.17. The maximum atomic E-state index is 14.2. The van der Waals surface area contributed by atoms with Crippen LogP contribution in [-0.2, 0) is 11.3 Å². The molecule has 1 N–H and O–H groups in total. The van der Waals surface area contributed by atoms with Gasteiger partial charge in [0.15, 0.2) is 0 Å². The number of ether oxygens (including phenoxy) is 1. The molecule has 6 heteroatoms. The smallest absolute Gasteiger partial charge is 0.266 e. The topological polar surface area (TPSA) is 38.3 Å². The first-order valence-electron chi connectivity index (χ1n) is 7.27. The third-order valence-electron chi connectivity index (χ3n) is 3.69. The lowest BCUT2D eigenvalue weighted by molar-refractivity contribution is 0.102. The number of carbonyl (C=O) groups is 1. The van der Waals surface area contributed by atoms with E-state index in [1.54, 1.807) is 6.07 Å². The molecule has 0 saturated carbocycles. The zero-order valence-electron chi connectivity index (χ0n) is 13.2. The van der Waals surface area contributed by atoms with Gasteiger partial charge in [-0.1, -0.05) is 12.1 Å². The number of thiophene rings is 1. The Morgan fingerprint density at radius 1 is 1.33 bits per heavy atom. The first-order chi connectivity index (χ1) is 11.5. The molecular weight excluding hydrogens is 440 g/mol. The Labute approximate surface area is 157 Å². The van der Waals surface area contributed by atoms with Crippen molar-refractivity contribution in [3.63, 3.8) is 0 Å². The van der Waals surface area contributed by atoms with Crippen molar-refractivity contribution in [2.45, 2.75) is 13.5 Å². The number of halogens is 2. The van der Waals surface area contributed by atoms with E-state index in [2.05, 4.69) is 27.9 Å². The highest BCUT2D eigenvalue weighted by Gasteiger charge is 2.20. The fourth-order valence-electron chi connectivity index (χ4n) is 2.49. The number of fused-ring (bicyclic) bond motifs is 1. The van der Waals surface area contributed by atoms with Crippen molar-refractivity contribution in [3.05, 3.63) is 61.8 Å². The van der Waals surface area contributed by atoms with Crippen LogP contribution in [0.5, 0.6) is 0 Å². The number of nitrogens with one attached hydrogen (secondary N) is 1. The summed E-state index contributed by atoms with van der Waals surface area (Å²) in [4.78, 5) is 13.2. The van der Waals surface area contributed by atoms with Crippen molar-refractivity contribution in [1.82, 2.24) is 0 Å². The maximum absolute atomic E-state index is 14.2. The minimum Gasteiger partial charge on any atom is -0.380 e. The van der Waals surface area contributed by atoms with Gasteiger partial charge >= 0.3 is 0 Å². The summed E-state index contributed by atoms with van der Waals surface area (Å²) in [6.07, 6.45) is 0. The second-order valence-electron chi connectivity index (χ2n) is 5.37. The Morgan fingerprint density at radius 2 is 2.12 bits per heavy atom. The molecule has 0 aliphatic carbocycles. The van der Waals surface area contributed by atoms with Gasteiger partial charge in [0.1, 0.15) is 5.82 Å². The third-order valence-corrected chi connectivity index (χ3v) is 6.05. The number of aryl methyl sites for hydroxylation is 1. The Morgan fingerprint density at radius 3 is 2.83 bits per heavy atom. The van der Waals surface area contributed by atoms with Crippen LogP contribution in [0.25, 0.3) is 10.1 Å². The molecule has 0 saturated heterocycles. The van der Waals surface area contributed by atoms with Crippen molar-refractivity contribution in [2.24, 2.45) is 0 Å². The van der Waals surface area contributed by atoms with E-state index in [4.69, 9.17) is 4.74 Å². The minimum absolute atomic E-state index is 0.190. The van der Waals surface area contributed by atoms with Gasteiger partial charge in [0.25, 0.3) is 5.91 Å². The summed E-state index contributed by atoms with van der Waals surface area (Å²) < 4.78 is 21.2. The zero-order chi connectivity index (χ0) is 17.3. The molecule has 0 unspecified atom stereocenters. The normalized spacial score (nSPS) is 11.0. The molecule has 1 amide bonds. The lowest BCUT2D eigenvalue weighted by Gasteiger charge is -2.08. The zero-order valence-corrected chi connectivity index (χ0v) is 16.1. The number of methoxy groups -OCH3 is 1. The number of anilines is 1. The van der Waals surface area contributed by atoms with Crippen molar-refractivity contribution in [2.75, 3.05) is 12.4 Å².